The van der Waals surface area contributed by atoms with E-state index >= 15 is 0 Å². The van der Waals surface area contributed by atoms with E-state index in [-0.39, 0.29) is 11.3 Å². The minimum absolute atomic E-state index is 0.0165. The fraction of sp³-hybridized carbons (Fsp3) is 0.286. The molecule has 0 radical (unpaired) electrons. The van der Waals surface area contributed by atoms with E-state index in [2.05, 4.69) is 15.8 Å². The molecule has 0 aliphatic heterocycles. The average molecular weight is 417 g/mol. The Kier molecular flexibility index (Phi) is 8.16. The molecule has 0 saturated carbocycles. The summed E-state index contributed by atoms with van der Waals surface area (Å²) in [5.41, 5.74) is 5.68. The zero-order valence-corrected chi connectivity index (χ0v) is 17.0. The molecule has 0 saturated heterocycles. The predicted molar refractivity (Wildman–Crippen MR) is 109 cm³/mol. The van der Waals surface area contributed by atoms with Crippen LogP contribution in [0.1, 0.15) is 34.6 Å². The van der Waals surface area contributed by atoms with Crippen molar-refractivity contribution in [2.75, 3.05) is 31.7 Å². The van der Waals surface area contributed by atoms with Gasteiger partial charge in [-0.2, -0.15) is 0 Å². The first-order valence-electron chi connectivity index (χ1n) is 9.34. The van der Waals surface area contributed by atoms with Crippen molar-refractivity contribution < 1.29 is 28.2 Å². The van der Waals surface area contributed by atoms with Gasteiger partial charge in [-0.1, -0.05) is 0 Å². The zero-order valence-electron chi connectivity index (χ0n) is 17.0. The van der Waals surface area contributed by atoms with Gasteiger partial charge in [0.15, 0.2) is 18.2 Å². The molecule has 30 heavy (non-hydrogen) atoms. The number of benzene rings is 2. The molecule has 0 bridgehead atoms. The van der Waals surface area contributed by atoms with Crippen molar-refractivity contribution >= 4 is 23.5 Å². The molecule has 0 atom stereocenters. The monoisotopic (exact) mass is 417 g/mol. The number of anilines is 1. The van der Waals surface area contributed by atoms with Crippen LogP contribution in [0.3, 0.4) is 0 Å². The van der Waals surface area contributed by atoms with Gasteiger partial charge in [0.25, 0.3) is 11.8 Å². The molecular weight excluding hydrogens is 393 g/mol. The van der Waals surface area contributed by atoms with Crippen molar-refractivity contribution in [3.05, 3.63) is 59.4 Å². The molecule has 0 heterocycles. The maximum Gasteiger partial charge on any atom is 0.338 e. The van der Waals surface area contributed by atoms with Gasteiger partial charge in [0.05, 0.1) is 12.7 Å². The first-order valence-corrected chi connectivity index (χ1v) is 9.34. The Labute approximate surface area is 173 Å². The Hall–Kier alpha value is -3.62. The van der Waals surface area contributed by atoms with Crippen LogP contribution in [0.15, 0.2) is 42.5 Å². The first-order chi connectivity index (χ1) is 14.4. The number of hydrogen-bond donors (Lipinski definition) is 2. The Morgan fingerprint density at radius 2 is 1.60 bits per heavy atom. The van der Waals surface area contributed by atoms with Gasteiger partial charge in [0, 0.05) is 24.3 Å². The molecule has 0 aliphatic carbocycles. The van der Waals surface area contributed by atoms with Crippen LogP contribution in [0.5, 0.6) is 5.75 Å². The van der Waals surface area contributed by atoms with E-state index in [0.29, 0.717) is 5.56 Å². The fourth-order valence-corrected chi connectivity index (χ4v) is 2.65. The van der Waals surface area contributed by atoms with E-state index in [4.69, 9.17) is 9.47 Å². The smallest absolute Gasteiger partial charge is 0.338 e. The molecule has 2 aromatic carbocycles. The summed E-state index contributed by atoms with van der Waals surface area (Å²) in [6, 6.07) is 10.5. The predicted octanol–water partition coefficient (Wildman–Crippen LogP) is 2.30. The van der Waals surface area contributed by atoms with Crippen molar-refractivity contribution in [1.29, 1.82) is 0 Å². The molecule has 0 unspecified atom stereocenters. The molecule has 0 fully saturated rings. The Morgan fingerprint density at radius 1 is 0.967 bits per heavy atom. The number of halogens is 1. The standard InChI is InChI=1S/C21H24FN3O5/c1-4-25(5-2)16-9-6-14(7-10-16)20(27)24-23-19(26)13-30-21(28)15-8-11-18(29-3)17(22)12-15/h6-12H,4-5,13H2,1-3H3,(H,23,26)(H,24,27). The van der Waals surface area contributed by atoms with Crippen LogP contribution in [-0.2, 0) is 9.53 Å². The second-order valence-corrected chi connectivity index (χ2v) is 6.15. The molecule has 0 aromatic heterocycles. The molecule has 0 aliphatic rings. The summed E-state index contributed by atoms with van der Waals surface area (Å²) in [7, 11) is 1.30. The van der Waals surface area contributed by atoms with Crippen molar-refractivity contribution in [1.82, 2.24) is 10.9 Å². The third-order valence-electron chi connectivity index (χ3n) is 4.30. The van der Waals surface area contributed by atoms with E-state index in [9.17, 15) is 18.8 Å². The SMILES string of the molecule is CCN(CC)c1ccc(C(=O)NNC(=O)COC(=O)c2ccc(OC)c(F)c2)cc1. The van der Waals surface area contributed by atoms with Gasteiger partial charge >= 0.3 is 5.97 Å². The fourth-order valence-electron chi connectivity index (χ4n) is 2.65. The lowest BCUT2D eigenvalue weighted by Crippen LogP contribution is -2.43. The Morgan fingerprint density at radius 3 is 2.17 bits per heavy atom. The van der Waals surface area contributed by atoms with E-state index < -0.39 is 30.2 Å². The Balaban J connectivity index is 1.82. The summed E-state index contributed by atoms with van der Waals surface area (Å²) < 4.78 is 23.2. The normalized spacial score (nSPS) is 10.1. The van der Waals surface area contributed by atoms with Crippen LogP contribution in [0.25, 0.3) is 0 Å². The molecule has 160 valence electrons. The molecule has 2 rings (SSSR count). The van der Waals surface area contributed by atoms with E-state index in [1.165, 1.54) is 19.2 Å². The highest BCUT2D eigenvalue weighted by atomic mass is 19.1. The minimum Gasteiger partial charge on any atom is -0.494 e. The number of methoxy groups -OCH3 is 1. The Bertz CT molecular complexity index is 898. The highest BCUT2D eigenvalue weighted by Crippen LogP contribution is 2.18. The number of esters is 1. The third kappa shape index (κ3) is 5.94. The number of carbonyl (C=O) groups excluding carboxylic acids is 3. The third-order valence-corrected chi connectivity index (χ3v) is 4.30. The van der Waals surface area contributed by atoms with Crippen LogP contribution >= 0.6 is 0 Å². The average Bonchev–Trinajstić information content (AvgIpc) is 2.77. The van der Waals surface area contributed by atoms with E-state index in [1.54, 1.807) is 12.1 Å². The molecule has 2 aromatic rings. The van der Waals surface area contributed by atoms with Gasteiger partial charge in [0.1, 0.15) is 0 Å². The number of amides is 2. The summed E-state index contributed by atoms with van der Waals surface area (Å²) in [4.78, 5) is 38.0. The lowest BCUT2D eigenvalue weighted by atomic mass is 10.2. The maximum atomic E-state index is 13.6. The zero-order chi connectivity index (χ0) is 22.1. The largest absolute Gasteiger partial charge is 0.494 e. The van der Waals surface area contributed by atoms with Gasteiger partial charge in [0.2, 0.25) is 0 Å². The van der Waals surface area contributed by atoms with Crippen molar-refractivity contribution in [2.24, 2.45) is 0 Å². The van der Waals surface area contributed by atoms with Crippen LogP contribution in [-0.4, -0.2) is 44.6 Å². The lowest BCUT2D eigenvalue weighted by Gasteiger charge is -2.21. The van der Waals surface area contributed by atoms with Gasteiger partial charge in [-0.05, 0) is 56.3 Å². The summed E-state index contributed by atoms with van der Waals surface area (Å²) in [5, 5.41) is 0. The number of ether oxygens (including phenoxy) is 2. The highest BCUT2D eigenvalue weighted by Gasteiger charge is 2.14. The van der Waals surface area contributed by atoms with Crippen LogP contribution in [0, 0.1) is 5.82 Å². The summed E-state index contributed by atoms with van der Waals surface area (Å²) in [6.07, 6.45) is 0. The lowest BCUT2D eigenvalue weighted by molar-refractivity contribution is -0.125. The topological polar surface area (TPSA) is 97.0 Å². The van der Waals surface area contributed by atoms with Gasteiger partial charge in [-0.3, -0.25) is 20.4 Å². The first kappa shape index (κ1) is 22.7. The van der Waals surface area contributed by atoms with Crippen molar-refractivity contribution in [2.45, 2.75) is 13.8 Å². The van der Waals surface area contributed by atoms with Gasteiger partial charge < -0.3 is 14.4 Å². The summed E-state index contributed by atoms with van der Waals surface area (Å²) in [5.74, 6) is -2.89. The molecule has 8 nitrogen and oxygen atoms in total. The van der Waals surface area contributed by atoms with E-state index in [1.807, 2.05) is 26.0 Å². The number of carbonyl (C=O) groups is 3. The number of hydrogen-bond acceptors (Lipinski definition) is 6. The van der Waals surface area contributed by atoms with Crippen LogP contribution < -0.4 is 20.5 Å². The summed E-state index contributed by atoms with van der Waals surface area (Å²) >= 11 is 0. The maximum absolute atomic E-state index is 13.6. The highest BCUT2D eigenvalue weighted by molar-refractivity contribution is 5.96. The minimum atomic E-state index is -0.884. The number of nitrogens with zero attached hydrogens (tertiary/aromatic N) is 1. The van der Waals surface area contributed by atoms with Gasteiger partial charge in [-0.25, -0.2) is 9.18 Å². The second kappa shape index (κ2) is 10.8. The summed E-state index contributed by atoms with van der Waals surface area (Å²) in [6.45, 7) is 5.13. The molecule has 0 spiro atoms. The van der Waals surface area contributed by atoms with E-state index in [0.717, 1.165) is 24.8 Å². The number of rotatable bonds is 8. The number of hydrazine groups is 1. The molecule has 2 amide bonds. The quantitative estimate of drug-likeness (QED) is 0.505. The van der Waals surface area contributed by atoms with Crippen LogP contribution in [0.4, 0.5) is 10.1 Å². The second-order valence-electron chi connectivity index (χ2n) is 6.15. The van der Waals surface area contributed by atoms with Gasteiger partial charge in [-0.15, -0.1) is 0 Å². The van der Waals surface area contributed by atoms with Crippen molar-refractivity contribution in [3.63, 3.8) is 0 Å². The molecular formula is C21H24FN3O5. The molecule has 9 heteroatoms. The van der Waals surface area contributed by atoms with Crippen LogP contribution in [0.2, 0.25) is 0 Å². The number of nitrogens with one attached hydrogen (secondary N) is 2. The molecule has 2 N–H and O–H groups in total. The van der Waals surface area contributed by atoms with Crippen molar-refractivity contribution in [3.8, 4) is 5.75 Å².